The van der Waals surface area contributed by atoms with E-state index in [9.17, 15) is 0 Å². The standard InChI is InChI=1S/C17H26BrNO/c1-11(2)10-20-15-9-14(17(15,4)5)19-13-8-6-7-12(3)16(13)18/h6-8,11,14-15,19H,9-10H2,1-5H3. The molecule has 3 heteroatoms. The summed E-state index contributed by atoms with van der Waals surface area (Å²) in [4.78, 5) is 0. The fourth-order valence-corrected chi connectivity index (χ4v) is 3.05. The quantitative estimate of drug-likeness (QED) is 0.814. The summed E-state index contributed by atoms with van der Waals surface area (Å²) in [6.07, 6.45) is 1.45. The van der Waals surface area contributed by atoms with E-state index in [0.717, 1.165) is 13.0 Å². The van der Waals surface area contributed by atoms with Crippen LogP contribution < -0.4 is 5.32 Å². The molecule has 0 radical (unpaired) electrons. The molecule has 1 aliphatic rings. The Morgan fingerprint density at radius 1 is 1.40 bits per heavy atom. The number of halogens is 1. The minimum atomic E-state index is 0.179. The molecule has 1 saturated carbocycles. The highest BCUT2D eigenvalue weighted by atomic mass is 79.9. The first-order valence-corrected chi connectivity index (χ1v) is 8.25. The van der Waals surface area contributed by atoms with Crippen molar-refractivity contribution in [3.05, 3.63) is 28.2 Å². The fraction of sp³-hybridized carbons (Fsp3) is 0.647. The first-order valence-electron chi connectivity index (χ1n) is 7.45. The lowest BCUT2D eigenvalue weighted by atomic mass is 9.64. The minimum Gasteiger partial charge on any atom is -0.381 e. The second kappa shape index (κ2) is 6.07. The minimum absolute atomic E-state index is 0.179. The summed E-state index contributed by atoms with van der Waals surface area (Å²) < 4.78 is 7.19. The summed E-state index contributed by atoms with van der Waals surface area (Å²) in [5.74, 6) is 0.601. The first kappa shape index (κ1) is 15.8. The van der Waals surface area contributed by atoms with Gasteiger partial charge in [-0.2, -0.15) is 0 Å². The third kappa shape index (κ3) is 3.20. The van der Waals surface area contributed by atoms with Crippen molar-refractivity contribution in [2.45, 2.75) is 53.2 Å². The highest BCUT2D eigenvalue weighted by Gasteiger charge is 2.49. The number of nitrogens with one attached hydrogen (secondary N) is 1. The van der Waals surface area contributed by atoms with Crippen LogP contribution in [0, 0.1) is 18.3 Å². The van der Waals surface area contributed by atoms with Gasteiger partial charge in [0, 0.05) is 28.2 Å². The normalized spacial score (nSPS) is 24.6. The van der Waals surface area contributed by atoms with Gasteiger partial charge < -0.3 is 10.1 Å². The van der Waals surface area contributed by atoms with Crippen LogP contribution in [0.2, 0.25) is 0 Å². The first-order chi connectivity index (χ1) is 9.32. The van der Waals surface area contributed by atoms with E-state index < -0.39 is 0 Å². The lowest BCUT2D eigenvalue weighted by molar-refractivity contribution is -0.108. The highest BCUT2D eigenvalue weighted by molar-refractivity contribution is 9.10. The maximum absolute atomic E-state index is 6.02. The Morgan fingerprint density at radius 3 is 2.70 bits per heavy atom. The third-order valence-electron chi connectivity index (χ3n) is 4.33. The van der Waals surface area contributed by atoms with Crippen molar-refractivity contribution >= 4 is 21.6 Å². The van der Waals surface area contributed by atoms with Gasteiger partial charge in [-0.1, -0.05) is 39.8 Å². The van der Waals surface area contributed by atoms with Crippen molar-refractivity contribution in [3.8, 4) is 0 Å². The zero-order chi connectivity index (χ0) is 14.9. The summed E-state index contributed by atoms with van der Waals surface area (Å²) in [5.41, 5.74) is 2.63. The van der Waals surface area contributed by atoms with Crippen LogP contribution in [-0.2, 0) is 4.74 Å². The van der Waals surface area contributed by atoms with Crippen molar-refractivity contribution in [1.82, 2.24) is 0 Å². The highest BCUT2D eigenvalue weighted by Crippen LogP contribution is 2.45. The van der Waals surface area contributed by atoms with Gasteiger partial charge in [0.25, 0.3) is 0 Å². The van der Waals surface area contributed by atoms with Gasteiger partial charge in [0.15, 0.2) is 0 Å². The van der Waals surface area contributed by atoms with Gasteiger partial charge in [-0.05, 0) is 46.8 Å². The van der Waals surface area contributed by atoms with Gasteiger partial charge in [-0.3, -0.25) is 0 Å². The Balaban J connectivity index is 1.97. The Labute approximate surface area is 131 Å². The van der Waals surface area contributed by atoms with Crippen molar-refractivity contribution in [2.24, 2.45) is 11.3 Å². The summed E-state index contributed by atoms with van der Waals surface area (Å²) >= 11 is 3.67. The number of anilines is 1. The number of benzene rings is 1. The number of aryl methyl sites for hydroxylation is 1. The largest absolute Gasteiger partial charge is 0.381 e. The van der Waals surface area contributed by atoms with Crippen LogP contribution in [0.5, 0.6) is 0 Å². The third-order valence-corrected chi connectivity index (χ3v) is 5.38. The summed E-state index contributed by atoms with van der Waals surface area (Å²) in [5, 5.41) is 3.67. The van der Waals surface area contributed by atoms with E-state index in [1.54, 1.807) is 0 Å². The molecular formula is C17H26BrNO. The molecule has 2 unspecified atom stereocenters. The predicted molar refractivity (Wildman–Crippen MR) is 89.3 cm³/mol. The Morgan fingerprint density at radius 2 is 2.10 bits per heavy atom. The van der Waals surface area contributed by atoms with E-state index >= 15 is 0 Å². The van der Waals surface area contributed by atoms with Gasteiger partial charge in [0.05, 0.1) is 6.10 Å². The van der Waals surface area contributed by atoms with Gasteiger partial charge in [0.1, 0.15) is 0 Å². The molecule has 20 heavy (non-hydrogen) atoms. The molecule has 1 N–H and O–H groups in total. The van der Waals surface area contributed by atoms with Gasteiger partial charge in [-0.25, -0.2) is 0 Å². The van der Waals surface area contributed by atoms with Crippen LogP contribution in [-0.4, -0.2) is 18.8 Å². The molecule has 1 aromatic carbocycles. The Bertz CT molecular complexity index is 470. The van der Waals surface area contributed by atoms with E-state index in [2.05, 4.69) is 74.1 Å². The molecule has 1 fully saturated rings. The molecule has 2 nitrogen and oxygen atoms in total. The molecule has 0 spiro atoms. The Kier molecular flexibility index (Phi) is 4.80. The molecule has 2 atom stereocenters. The molecule has 112 valence electrons. The summed E-state index contributed by atoms with van der Waals surface area (Å²) in [6.45, 7) is 12.0. The fourth-order valence-electron chi connectivity index (χ4n) is 2.67. The van der Waals surface area contributed by atoms with Gasteiger partial charge in [0.2, 0.25) is 0 Å². The summed E-state index contributed by atoms with van der Waals surface area (Å²) in [7, 11) is 0. The number of hydrogen-bond donors (Lipinski definition) is 1. The smallest absolute Gasteiger partial charge is 0.0665 e. The molecule has 1 aliphatic carbocycles. The van der Waals surface area contributed by atoms with Gasteiger partial charge >= 0.3 is 0 Å². The number of hydrogen-bond acceptors (Lipinski definition) is 2. The van der Waals surface area contributed by atoms with E-state index in [-0.39, 0.29) is 5.41 Å². The van der Waals surface area contributed by atoms with Crippen molar-refractivity contribution in [3.63, 3.8) is 0 Å². The molecule has 0 aliphatic heterocycles. The lowest BCUT2D eigenvalue weighted by Crippen LogP contribution is -2.58. The van der Waals surface area contributed by atoms with E-state index in [4.69, 9.17) is 4.74 Å². The van der Waals surface area contributed by atoms with Crippen molar-refractivity contribution in [2.75, 3.05) is 11.9 Å². The van der Waals surface area contributed by atoms with Gasteiger partial charge in [-0.15, -0.1) is 0 Å². The summed E-state index contributed by atoms with van der Waals surface area (Å²) in [6, 6.07) is 6.82. The molecule has 0 saturated heterocycles. The van der Waals surface area contributed by atoms with Crippen molar-refractivity contribution in [1.29, 1.82) is 0 Å². The Hall–Kier alpha value is -0.540. The van der Waals surface area contributed by atoms with Crippen LogP contribution in [0.25, 0.3) is 0 Å². The zero-order valence-electron chi connectivity index (χ0n) is 13.2. The van der Waals surface area contributed by atoms with E-state index in [1.807, 2.05) is 0 Å². The van der Waals surface area contributed by atoms with Crippen LogP contribution in [0.1, 0.15) is 39.7 Å². The molecule has 2 rings (SSSR count). The second-order valence-corrected chi connectivity index (χ2v) is 7.70. The maximum Gasteiger partial charge on any atom is 0.0665 e. The van der Waals surface area contributed by atoms with Crippen LogP contribution >= 0.6 is 15.9 Å². The predicted octanol–water partition coefficient (Wildman–Crippen LogP) is 5.01. The average Bonchev–Trinajstić information content (AvgIpc) is 2.37. The number of rotatable bonds is 5. The molecule has 0 aromatic heterocycles. The monoisotopic (exact) mass is 339 g/mol. The van der Waals surface area contributed by atoms with Crippen LogP contribution in [0.3, 0.4) is 0 Å². The molecule has 0 amide bonds. The van der Waals surface area contributed by atoms with E-state index in [0.29, 0.717) is 18.1 Å². The SMILES string of the molecule is Cc1cccc(NC2CC(OCC(C)C)C2(C)C)c1Br. The second-order valence-electron chi connectivity index (χ2n) is 6.91. The molecule has 0 heterocycles. The molecule has 1 aromatic rings. The van der Waals surface area contributed by atoms with Crippen molar-refractivity contribution < 1.29 is 4.74 Å². The molecule has 0 bridgehead atoms. The van der Waals surface area contributed by atoms with E-state index in [1.165, 1.54) is 15.7 Å². The van der Waals surface area contributed by atoms with Crippen LogP contribution in [0.4, 0.5) is 5.69 Å². The molecular weight excluding hydrogens is 314 g/mol. The van der Waals surface area contributed by atoms with Crippen LogP contribution in [0.15, 0.2) is 22.7 Å². The average molecular weight is 340 g/mol. The lowest BCUT2D eigenvalue weighted by Gasteiger charge is -2.52. The number of ether oxygens (including phenoxy) is 1. The maximum atomic E-state index is 6.02. The zero-order valence-corrected chi connectivity index (χ0v) is 14.8. The topological polar surface area (TPSA) is 21.3 Å².